The Bertz CT molecular complexity index is 499. The molecular weight excluding hydrogens is 292 g/mol. The van der Waals surface area contributed by atoms with Crippen molar-refractivity contribution >= 4 is 6.08 Å². The molecule has 1 fully saturated rings. The Kier molecular flexibility index (Phi) is 10.4. The van der Waals surface area contributed by atoms with E-state index in [1.54, 1.807) is 0 Å². The summed E-state index contributed by atoms with van der Waals surface area (Å²) < 4.78 is 0. The average molecular weight is 329 g/mol. The van der Waals surface area contributed by atoms with Gasteiger partial charge in [0.15, 0.2) is 0 Å². The van der Waals surface area contributed by atoms with Crippen LogP contribution in [0.1, 0.15) is 48.4 Å². The van der Waals surface area contributed by atoms with E-state index in [-0.39, 0.29) is 0 Å². The van der Waals surface area contributed by atoms with Gasteiger partial charge in [-0.3, -0.25) is 0 Å². The molecule has 0 radical (unpaired) electrons. The van der Waals surface area contributed by atoms with Gasteiger partial charge in [-0.25, -0.2) is 0 Å². The van der Waals surface area contributed by atoms with Crippen LogP contribution in [-0.2, 0) is 19.3 Å². The van der Waals surface area contributed by atoms with Crippen LogP contribution in [0.4, 0.5) is 0 Å². The van der Waals surface area contributed by atoms with E-state index in [9.17, 15) is 0 Å². The molecule has 134 valence electrons. The van der Waals surface area contributed by atoms with Crippen molar-refractivity contribution in [3.63, 3.8) is 0 Å². The summed E-state index contributed by atoms with van der Waals surface area (Å²) in [5.74, 6) is 0. The third kappa shape index (κ3) is 6.26. The van der Waals surface area contributed by atoms with Crippen LogP contribution >= 0.6 is 0 Å². The lowest BCUT2D eigenvalue weighted by molar-refractivity contribution is 0.231. The summed E-state index contributed by atoms with van der Waals surface area (Å²) in [5, 5.41) is 2.75. The van der Waals surface area contributed by atoms with E-state index in [1.807, 2.05) is 26.2 Å². The smallest absolute Gasteiger partial charge is 0.00219 e. The number of nitrogens with zero attached hydrogens (tertiary/aromatic N) is 1. The number of likely N-dealkylation sites (tertiary alicyclic amines) is 1. The SMILES string of the molecule is C=CCc1c(C=C)ccc(CCN2CCCCC2)c1CC.CNC. The van der Waals surface area contributed by atoms with E-state index < -0.39 is 0 Å². The van der Waals surface area contributed by atoms with Crippen LogP contribution in [0, 0.1) is 0 Å². The second kappa shape index (κ2) is 12.0. The number of hydrogen-bond acceptors (Lipinski definition) is 2. The van der Waals surface area contributed by atoms with E-state index in [4.69, 9.17) is 0 Å². The van der Waals surface area contributed by atoms with Gasteiger partial charge in [0.1, 0.15) is 0 Å². The van der Waals surface area contributed by atoms with E-state index in [0.717, 1.165) is 12.8 Å². The predicted molar refractivity (Wildman–Crippen MR) is 109 cm³/mol. The van der Waals surface area contributed by atoms with Gasteiger partial charge in [-0.2, -0.15) is 0 Å². The van der Waals surface area contributed by atoms with Crippen LogP contribution < -0.4 is 5.32 Å². The third-order valence-electron chi connectivity index (χ3n) is 4.63. The Morgan fingerprint density at radius 1 is 1.08 bits per heavy atom. The first-order valence-corrected chi connectivity index (χ1v) is 9.39. The highest BCUT2D eigenvalue weighted by Gasteiger charge is 2.13. The zero-order valence-electron chi connectivity index (χ0n) is 16.0. The van der Waals surface area contributed by atoms with Gasteiger partial charge in [-0.1, -0.05) is 44.2 Å². The third-order valence-corrected chi connectivity index (χ3v) is 4.63. The maximum atomic E-state index is 3.96. The number of piperidine rings is 1. The second-order valence-electron chi connectivity index (χ2n) is 6.47. The van der Waals surface area contributed by atoms with Gasteiger partial charge in [-0.15, -0.1) is 6.58 Å². The highest BCUT2D eigenvalue weighted by atomic mass is 15.1. The molecule has 0 saturated carbocycles. The molecule has 0 aromatic heterocycles. The Hall–Kier alpha value is -1.38. The maximum Gasteiger partial charge on any atom is 0.00219 e. The molecule has 24 heavy (non-hydrogen) atoms. The van der Waals surface area contributed by atoms with Crippen molar-refractivity contribution in [2.75, 3.05) is 33.7 Å². The van der Waals surface area contributed by atoms with Gasteiger partial charge < -0.3 is 10.2 Å². The van der Waals surface area contributed by atoms with Crippen LogP contribution in [-0.4, -0.2) is 38.6 Å². The molecule has 0 unspecified atom stereocenters. The van der Waals surface area contributed by atoms with Crippen molar-refractivity contribution < 1.29 is 0 Å². The zero-order chi connectivity index (χ0) is 17.8. The molecule has 0 amide bonds. The molecule has 2 rings (SSSR count). The Labute approximate surface area is 149 Å². The number of rotatable bonds is 7. The second-order valence-corrected chi connectivity index (χ2v) is 6.47. The molecular formula is C22H36N2. The first kappa shape index (κ1) is 20.7. The van der Waals surface area contributed by atoms with Crippen LogP contribution in [0.25, 0.3) is 6.08 Å². The molecule has 1 saturated heterocycles. The first-order chi connectivity index (χ1) is 11.7. The summed E-state index contributed by atoms with van der Waals surface area (Å²) in [4.78, 5) is 2.62. The van der Waals surface area contributed by atoms with Gasteiger partial charge in [0, 0.05) is 6.54 Å². The Balaban J connectivity index is 0.000000891. The van der Waals surface area contributed by atoms with Crippen molar-refractivity contribution in [3.8, 4) is 0 Å². The topological polar surface area (TPSA) is 15.3 Å². The van der Waals surface area contributed by atoms with E-state index >= 15 is 0 Å². The van der Waals surface area contributed by atoms with Crippen LogP contribution in [0.15, 0.2) is 31.4 Å². The maximum absolute atomic E-state index is 3.96. The molecule has 1 aromatic rings. The van der Waals surface area contributed by atoms with Gasteiger partial charge in [0.2, 0.25) is 0 Å². The molecule has 0 bridgehead atoms. The van der Waals surface area contributed by atoms with Gasteiger partial charge >= 0.3 is 0 Å². The molecule has 1 aliphatic rings. The van der Waals surface area contributed by atoms with E-state index in [1.165, 1.54) is 67.6 Å². The average Bonchev–Trinajstić information content (AvgIpc) is 2.61. The highest BCUT2D eigenvalue weighted by Crippen LogP contribution is 2.23. The summed E-state index contributed by atoms with van der Waals surface area (Å²) in [6, 6.07) is 4.54. The van der Waals surface area contributed by atoms with Crippen molar-refractivity contribution in [2.24, 2.45) is 0 Å². The lowest BCUT2D eigenvalue weighted by atomic mass is 9.90. The lowest BCUT2D eigenvalue weighted by Crippen LogP contribution is -2.31. The Morgan fingerprint density at radius 2 is 1.75 bits per heavy atom. The number of hydrogen-bond donors (Lipinski definition) is 1. The largest absolute Gasteiger partial charge is 0.323 e. The van der Waals surface area contributed by atoms with Crippen molar-refractivity contribution in [3.05, 3.63) is 53.6 Å². The van der Waals surface area contributed by atoms with Crippen molar-refractivity contribution in [1.29, 1.82) is 0 Å². The standard InChI is InChI=1S/C20H29N.C2H7N/c1-4-10-20-17(5-2)11-12-18(19(20)6-3)13-16-21-14-8-7-9-15-21;1-3-2/h4-5,11-12H,1-2,6-10,13-16H2,3H3;3H,1-2H3. The van der Waals surface area contributed by atoms with Crippen LogP contribution in [0.3, 0.4) is 0 Å². The minimum Gasteiger partial charge on any atom is -0.323 e. The monoisotopic (exact) mass is 328 g/mol. The minimum absolute atomic E-state index is 0.947. The van der Waals surface area contributed by atoms with Crippen molar-refractivity contribution in [1.82, 2.24) is 10.2 Å². The fourth-order valence-corrected chi connectivity index (χ4v) is 3.47. The molecule has 1 heterocycles. The molecule has 1 aliphatic heterocycles. The van der Waals surface area contributed by atoms with E-state index in [0.29, 0.717) is 0 Å². The molecule has 2 nitrogen and oxygen atoms in total. The summed E-state index contributed by atoms with van der Waals surface area (Å²) in [6.07, 6.45) is 11.4. The molecule has 1 N–H and O–H groups in total. The summed E-state index contributed by atoms with van der Waals surface area (Å²) in [6.45, 7) is 13.9. The van der Waals surface area contributed by atoms with E-state index in [2.05, 4.69) is 42.4 Å². The molecule has 0 aliphatic carbocycles. The minimum atomic E-state index is 0.947. The molecule has 0 atom stereocenters. The number of allylic oxidation sites excluding steroid dienone is 1. The molecule has 1 aromatic carbocycles. The highest BCUT2D eigenvalue weighted by molar-refractivity contribution is 5.57. The fourth-order valence-electron chi connectivity index (χ4n) is 3.47. The van der Waals surface area contributed by atoms with Crippen molar-refractivity contribution in [2.45, 2.75) is 45.4 Å². The van der Waals surface area contributed by atoms with Crippen LogP contribution in [0.2, 0.25) is 0 Å². The molecule has 0 spiro atoms. The van der Waals surface area contributed by atoms with Gasteiger partial charge in [-0.05, 0) is 81.5 Å². The number of nitrogens with one attached hydrogen (secondary N) is 1. The quantitative estimate of drug-likeness (QED) is 0.742. The fraction of sp³-hybridized carbons (Fsp3) is 0.545. The zero-order valence-corrected chi connectivity index (χ0v) is 16.0. The number of benzene rings is 1. The van der Waals surface area contributed by atoms with Gasteiger partial charge in [0.05, 0.1) is 0 Å². The first-order valence-electron chi connectivity index (χ1n) is 9.39. The predicted octanol–water partition coefficient (Wildman–Crippen LogP) is 4.48. The Morgan fingerprint density at radius 3 is 2.29 bits per heavy atom. The summed E-state index contributed by atoms with van der Waals surface area (Å²) in [5.41, 5.74) is 5.74. The molecule has 2 heteroatoms. The normalized spacial score (nSPS) is 14.6. The summed E-state index contributed by atoms with van der Waals surface area (Å²) >= 11 is 0. The lowest BCUT2D eigenvalue weighted by Gasteiger charge is -2.27. The van der Waals surface area contributed by atoms with Gasteiger partial charge in [0.25, 0.3) is 0 Å². The summed E-state index contributed by atoms with van der Waals surface area (Å²) in [7, 11) is 3.75. The van der Waals surface area contributed by atoms with Crippen LogP contribution in [0.5, 0.6) is 0 Å².